The maximum absolute atomic E-state index is 11.5. The number of rotatable bonds is 1. The summed E-state index contributed by atoms with van der Waals surface area (Å²) in [5, 5.41) is -0.0355. The van der Waals surface area contributed by atoms with Crippen molar-refractivity contribution in [3.63, 3.8) is 0 Å². The number of nitrogens with zero attached hydrogens (tertiary/aromatic N) is 4. The lowest BCUT2D eigenvalue weighted by molar-refractivity contribution is -0.117. The van der Waals surface area contributed by atoms with E-state index in [4.69, 9.17) is 23.2 Å². The molecule has 2 rings (SSSR count). The van der Waals surface area contributed by atoms with Crippen LogP contribution >= 0.6 is 39.1 Å². The van der Waals surface area contributed by atoms with E-state index in [1.54, 1.807) is 0 Å². The van der Waals surface area contributed by atoms with Gasteiger partial charge in [0.1, 0.15) is 0 Å². The number of alkyl halides is 1. The topological polar surface area (TPSA) is 59.0 Å². The van der Waals surface area contributed by atoms with E-state index in [0.717, 1.165) is 0 Å². The van der Waals surface area contributed by atoms with Crippen molar-refractivity contribution >= 4 is 51.0 Å². The molecule has 8 heteroatoms. The predicted molar refractivity (Wildman–Crippen MR) is 59.5 cm³/mol. The van der Waals surface area contributed by atoms with Gasteiger partial charge in [0.05, 0.1) is 0 Å². The van der Waals surface area contributed by atoms with E-state index >= 15 is 0 Å². The fourth-order valence-corrected chi connectivity index (χ4v) is 2.22. The van der Waals surface area contributed by atoms with Gasteiger partial charge in [0.2, 0.25) is 22.4 Å². The minimum atomic E-state index is -0.0600. The van der Waals surface area contributed by atoms with Gasteiger partial charge in [-0.15, -0.1) is 0 Å². The molecule has 0 radical (unpaired) electrons. The molecular formula is C7H5BrCl2N4O. The highest BCUT2D eigenvalue weighted by molar-refractivity contribution is 9.09. The van der Waals surface area contributed by atoms with Crippen molar-refractivity contribution in [3.8, 4) is 0 Å². The summed E-state index contributed by atoms with van der Waals surface area (Å²) in [6.45, 7) is 0.509. The Hall–Kier alpha value is -0.460. The molecule has 0 aromatic carbocycles. The highest BCUT2D eigenvalue weighted by Crippen LogP contribution is 2.23. The molecule has 5 nitrogen and oxygen atoms in total. The Morgan fingerprint density at radius 2 is 1.87 bits per heavy atom. The van der Waals surface area contributed by atoms with Crippen molar-refractivity contribution in [1.29, 1.82) is 0 Å². The van der Waals surface area contributed by atoms with Crippen molar-refractivity contribution in [2.24, 2.45) is 0 Å². The zero-order valence-electron chi connectivity index (χ0n) is 7.32. The quantitative estimate of drug-likeness (QED) is 0.740. The highest BCUT2D eigenvalue weighted by Gasteiger charge is 2.31. The van der Waals surface area contributed by atoms with Crippen molar-refractivity contribution < 1.29 is 4.79 Å². The van der Waals surface area contributed by atoms with Crippen LogP contribution < -0.4 is 4.90 Å². The summed E-state index contributed by atoms with van der Waals surface area (Å²) in [6, 6.07) is 0. The minimum Gasteiger partial charge on any atom is -0.279 e. The van der Waals surface area contributed by atoms with Crippen molar-refractivity contribution in [2.45, 2.75) is 11.2 Å². The van der Waals surface area contributed by atoms with Gasteiger partial charge in [0, 0.05) is 17.8 Å². The molecule has 0 aliphatic carbocycles. The van der Waals surface area contributed by atoms with E-state index in [-0.39, 0.29) is 27.2 Å². The Morgan fingerprint density at radius 1 is 1.27 bits per heavy atom. The summed E-state index contributed by atoms with van der Waals surface area (Å²) in [4.78, 5) is 24.4. The fourth-order valence-electron chi connectivity index (χ4n) is 1.29. The first-order valence-corrected chi connectivity index (χ1v) is 5.75. The molecule has 1 aromatic rings. The number of carbonyl (C=O) groups is 1. The monoisotopic (exact) mass is 310 g/mol. The number of carbonyl (C=O) groups excluding carboxylic acids is 1. The predicted octanol–water partition coefficient (Wildman–Crippen LogP) is 1.68. The van der Waals surface area contributed by atoms with Crippen LogP contribution in [0, 0.1) is 0 Å². The molecule has 1 aliphatic rings. The van der Waals surface area contributed by atoms with E-state index in [1.807, 2.05) is 0 Å². The van der Waals surface area contributed by atoms with Crippen molar-refractivity contribution in [1.82, 2.24) is 15.0 Å². The van der Waals surface area contributed by atoms with Crippen molar-refractivity contribution in [2.75, 3.05) is 11.4 Å². The van der Waals surface area contributed by atoms with E-state index in [1.165, 1.54) is 4.90 Å². The lowest BCUT2D eigenvalue weighted by Crippen LogP contribution is -2.27. The normalized spacial score (nSPS) is 21.1. The molecule has 0 bridgehead atoms. The summed E-state index contributed by atoms with van der Waals surface area (Å²) in [5.41, 5.74) is 0. The largest absolute Gasteiger partial charge is 0.279 e. The summed E-state index contributed by atoms with van der Waals surface area (Å²) >= 11 is 14.6. The number of halogens is 3. The first-order chi connectivity index (χ1) is 7.06. The number of aromatic nitrogens is 3. The van der Waals surface area contributed by atoms with E-state index in [0.29, 0.717) is 13.0 Å². The standard InChI is InChI=1S/C7H5BrCl2N4O/c8-3-1-4(15)14(2-3)7-12-5(9)11-6(10)13-7/h3H,1-2H2. The Labute approximate surface area is 104 Å². The second kappa shape index (κ2) is 4.19. The Kier molecular flexibility index (Phi) is 3.08. The zero-order chi connectivity index (χ0) is 11.0. The zero-order valence-corrected chi connectivity index (χ0v) is 10.4. The van der Waals surface area contributed by atoms with Crippen LogP contribution in [0.3, 0.4) is 0 Å². The molecule has 1 aliphatic heterocycles. The molecule has 80 valence electrons. The van der Waals surface area contributed by atoms with Gasteiger partial charge in [-0.25, -0.2) is 0 Å². The summed E-state index contributed by atoms with van der Waals surface area (Å²) < 4.78 is 0. The summed E-state index contributed by atoms with van der Waals surface area (Å²) in [5.74, 6) is 0.141. The van der Waals surface area contributed by atoms with Crippen LogP contribution in [0.1, 0.15) is 6.42 Å². The van der Waals surface area contributed by atoms with Crippen LogP contribution in [0.5, 0.6) is 0 Å². The molecule has 1 saturated heterocycles. The number of amides is 1. The maximum atomic E-state index is 11.5. The van der Waals surface area contributed by atoms with Crippen LogP contribution in [0.15, 0.2) is 0 Å². The van der Waals surface area contributed by atoms with Gasteiger partial charge < -0.3 is 0 Å². The fraction of sp³-hybridized carbons (Fsp3) is 0.429. The van der Waals surface area contributed by atoms with Crippen molar-refractivity contribution in [3.05, 3.63) is 10.6 Å². The summed E-state index contributed by atoms with van der Waals surface area (Å²) in [7, 11) is 0. The van der Waals surface area contributed by atoms with E-state index < -0.39 is 0 Å². The lowest BCUT2D eigenvalue weighted by Gasteiger charge is -2.12. The Balaban J connectivity index is 2.33. The van der Waals surface area contributed by atoms with E-state index in [9.17, 15) is 4.79 Å². The highest BCUT2D eigenvalue weighted by atomic mass is 79.9. The summed E-state index contributed by atoms with van der Waals surface area (Å²) in [6.07, 6.45) is 0.418. The second-order valence-electron chi connectivity index (χ2n) is 2.98. The van der Waals surface area contributed by atoms with Gasteiger partial charge in [0.15, 0.2) is 0 Å². The van der Waals surface area contributed by atoms with Gasteiger partial charge in [-0.2, -0.15) is 15.0 Å². The molecule has 0 spiro atoms. The Bertz CT molecular complexity index is 396. The number of anilines is 1. The smallest absolute Gasteiger partial charge is 0.237 e. The second-order valence-corrected chi connectivity index (χ2v) is 4.95. The SMILES string of the molecule is O=C1CC(Br)CN1c1nc(Cl)nc(Cl)n1. The van der Waals surface area contributed by atoms with Gasteiger partial charge in [-0.1, -0.05) is 15.9 Å². The Morgan fingerprint density at radius 3 is 2.33 bits per heavy atom. The molecule has 1 fully saturated rings. The molecule has 0 N–H and O–H groups in total. The molecule has 1 aromatic heterocycles. The minimum absolute atomic E-state index is 0.0178. The lowest BCUT2D eigenvalue weighted by atomic mass is 10.4. The van der Waals surface area contributed by atoms with Gasteiger partial charge in [-0.05, 0) is 23.2 Å². The molecule has 1 unspecified atom stereocenters. The number of hydrogen-bond donors (Lipinski definition) is 0. The van der Waals surface area contributed by atoms with Gasteiger partial charge in [0.25, 0.3) is 0 Å². The molecule has 15 heavy (non-hydrogen) atoms. The van der Waals surface area contributed by atoms with E-state index in [2.05, 4.69) is 30.9 Å². The molecule has 1 amide bonds. The van der Waals surface area contributed by atoms with Crippen LogP contribution in [0.2, 0.25) is 10.6 Å². The third kappa shape index (κ3) is 2.38. The van der Waals surface area contributed by atoms with Crippen LogP contribution in [0.4, 0.5) is 5.95 Å². The average molecular weight is 312 g/mol. The van der Waals surface area contributed by atoms with Crippen LogP contribution in [-0.2, 0) is 4.79 Å². The first kappa shape index (κ1) is 11.0. The van der Waals surface area contributed by atoms with Gasteiger partial charge in [-0.3, -0.25) is 9.69 Å². The molecular weight excluding hydrogens is 307 g/mol. The number of hydrogen-bond acceptors (Lipinski definition) is 4. The molecule has 1 atom stereocenters. The van der Waals surface area contributed by atoms with Crippen LogP contribution in [-0.4, -0.2) is 32.2 Å². The van der Waals surface area contributed by atoms with Gasteiger partial charge >= 0.3 is 0 Å². The molecule has 2 heterocycles. The third-order valence-electron chi connectivity index (χ3n) is 1.89. The average Bonchev–Trinajstić information content (AvgIpc) is 2.43. The first-order valence-electron chi connectivity index (χ1n) is 4.08. The molecule has 0 saturated carbocycles. The third-order valence-corrected chi connectivity index (χ3v) is 2.84. The van der Waals surface area contributed by atoms with Crippen LogP contribution in [0.25, 0.3) is 0 Å². The maximum Gasteiger partial charge on any atom is 0.237 e.